The predicted octanol–water partition coefficient (Wildman–Crippen LogP) is 3.98. The first-order valence-corrected chi connectivity index (χ1v) is 11.8. The van der Waals surface area contributed by atoms with Crippen LogP contribution in [0.3, 0.4) is 0 Å². The van der Waals surface area contributed by atoms with Gasteiger partial charge in [0.25, 0.3) is 0 Å². The van der Waals surface area contributed by atoms with Crippen LogP contribution in [0.2, 0.25) is 5.02 Å². The molecule has 2 aromatic carbocycles. The Morgan fingerprint density at radius 3 is 2.28 bits per heavy atom. The van der Waals surface area contributed by atoms with Crippen molar-refractivity contribution in [2.24, 2.45) is 0 Å². The summed E-state index contributed by atoms with van der Waals surface area (Å²) in [6, 6.07) is 14.1. The first-order valence-electron chi connectivity index (χ1n) is 9.08. The Morgan fingerprint density at radius 1 is 1.00 bits per heavy atom. The molecule has 1 aliphatic rings. The third-order valence-corrected chi connectivity index (χ3v) is 7.90. The summed E-state index contributed by atoms with van der Waals surface area (Å²) in [6.45, 7) is 2.04. The molecule has 0 aliphatic carbocycles. The summed E-state index contributed by atoms with van der Waals surface area (Å²) < 4.78 is 32.4. The van der Waals surface area contributed by atoms with E-state index in [9.17, 15) is 8.42 Å². The molecule has 0 bridgehead atoms. The lowest BCUT2D eigenvalue weighted by atomic mass is 10.2. The van der Waals surface area contributed by atoms with E-state index in [-0.39, 0.29) is 4.90 Å². The van der Waals surface area contributed by atoms with Gasteiger partial charge in [0, 0.05) is 42.1 Å². The minimum absolute atomic E-state index is 0.270. The zero-order valence-corrected chi connectivity index (χ0v) is 18.2. The second-order valence-corrected chi connectivity index (χ2v) is 9.80. The molecule has 152 valence electrons. The first kappa shape index (κ1) is 20.2. The third kappa shape index (κ3) is 4.25. The Kier molecular flexibility index (Phi) is 5.78. The molecule has 6 nitrogen and oxygen atoms in total. The molecule has 0 unspecified atom stereocenters. The number of rotatable bonds is 5. The summed E-state index contributed by atoms with van der Waals surface area (Å²) in [5.41, 5.74) is 1.93. The van der Waals surface area contributed by atoms with E-state index in [2.05, 4.69) is 4.90 Å². The van der Waals surface area contributed by atoms with E-state index in [1.807, 2.05) is 29.6 Å². The Bertz CT molecular complexity index is 1070. The highest BCUT2D eigenvalue weighted by Crippen LogP contribution is 2.30. The zero-order valence-electron chi connectivity index (χ0n) is 15.8. The lowest BCUT2D eigenvalue weighted by Gasteiger charge is -2.33. The van der Waals surface area contributed by atoms with Crippen LogP contribution in [0.15, 0.2) is 58.8 Å². The highest BCUT2D eigenvalue weighted by atomic mass is 35.5. The van der Waals surface area contributed by atoms with Crippen LogP contribution < -0.4 is 9.64 Å². The van der Waals surface area contributed by atoms with Crippen molar-refractivity contribution in [2.45, 2.75) is 4.90 Å². The van der Waals surface area contributed by atoms with Gasteiger partial charge in [-0.15, -0.1) is 11.3 Å². The molecule has 3 aromatic rings. The summed E-state index contributed by atoms with van der Waals surface area (Å²) in [7, 11) is -1.87. The molecule has 0 spiro atoms. The normalized spacial score (nSPS) is 15.4. The minimum atomic E-state index is -3.51. The highest BCUT2D eigenvalue weighted by Gasteiger charge is 2.29. The van der Waals surface area contributed by atoms with Crippen molar-refractivity contribution in [1.82, 2.24) is 9.29 Å². The van der Waals surface area contributed by atoms with Crippen molar-refractivity contribution in [3.05, 3.63) is 58.9 Å². The van der Waals surface area contributed by atoms with E-state index in [0.29, 0.717) is 31.2 Å². The number of sulfonamides is 1. The summed E-state index contributed by atoms with van der Waals surface area (Å²) in [5.74, 6) is 0.808. The van der Waals surface area contributed by atoms with Crippen LogP contribution in [0, 0.1) is 0 Å². The molecule has 9 heteroatoms. The van der Waals surface area contributed by atoms with E-state index in [4.69, 9.17) is 21.3 Å². The molecule has 1 saturated heterocycles. The lowest BCUT2D eigenvalue weighted by Crippen LogP contribution is -2.48. The number of methoxy groups -OCH3 is 1. The Hall–Kier alpha value is -2.13. The largest absolute Gasteiger partial charge is 0.497 e. The van der Waals surface area contributed by atoms with Crippen LogP contribution in [0.1, 0.15) is 0 Å². The van der Waals surface area contributed by atoms with Crippen molar-refractivity contribution < 1.29 is 13.2 Å². The molecule has 4 rings (SSSR count). The van der Waals surface area contributed by atoms with Gasteiger partial charge < -0.3 is 9.64 Å². The Labute approximate surface area is 179 Å². The fourth-order valence-electron chi connectivity index (χ4n) is 3.18. The van der Waals surface area contributed by atoms with Crippen LogP contribution in [0.25, 0.3) is 11.3 Å². The number of benzene rings is 2. The molecule has 0 amide bonds. The van der Waals surface area contributed by atoms with E-state index >= 15 is 0 Å². The fourth-order valence-corrected chi connectivity index (χ4v) is 5.62. The van der Waals surface area contributed by atoms with Crippen LogP contribution >= 0.6 is 22.9 Å². The monoisotopic (exact) mass is 449 g/mol. The molecule has 1 aliphatic heterocycles. The van der Waals surface area contributed by atoms with Crippen molar-refractivity contribution in [2.75, 3.05) is 38.2 Å². The highest BCUT2D eigenvalue weighted by molar-refractivity contribution is 7.89. The first-order chi connectivity index (χ1) is 14.0. The zero-order chi connectivity index (χ0) is 20.4. The molecule has 0 N–H and O–H groups in total. The van der Waals surface area contributed by atoms with Gasteiger partial charge >= 0.3 is 0 Å². The molecule has 2 heterocycles. The topological polar surface area (TPSA) is 62.7 Å². The van der Waals surface area contributed by atoms with Crippen molar-refractivity contribution in [1.29, 1.82) is 0 Å². The number of hydrogen-bond donors (Lipinski definition) is 0. The van der Waals surface area contributed by atoms with Gasteiger partial charge in [0.2, 0.25) is 10.0 Å². The quantitative estimate of drug-likeness (QED) is 0.589. The van der Waals surface area contributed by atoms with Gasteiger partial charge in [-0.1, -0.05) is 11.6 Å². The van der Waals surface area contributed by atoms with Gasteiger partial charge in [-0.25, -0.2) is 13.4 Å². The van der Waals surface area contributed by atoms with E-state index in [0.717, 1.165) is 22.1 Å². The number of anilines is 1. The number of hydrogen-bond acceptors (Lipinski definition) is 6. The van der Waals surface area contributed by atoms with Gasteiger partial charge in [0.1, 0.15) is 5.75 Å². The van der Waals surface area contributed by atoms with Crippen LogP contribution in [-0.4, -0.2) is 51.0 Å². The SMILES string of the molecule is COc1ccc(-c2csc(N3CCN(S(=O)(=O)c4ccc(Cl)cc4)CC3)n2)cc1. The molecule has 29 heavy (non-hydrogen) atoms. The average molecular weight is 450 g/mol. The molecule has 1 fully saturated rings. The maximum atomic E-state index is 12.8. The van der Waals surface area contributed by atoms with E-state index < -0.39 is 10.0 Å². The third-order valence-electron chi connectivity index (χ3n) is 4.84. The number of ether oxygens (including phenoxy) is 1. The molecule has 0 radical (unpaired) electrons. The van der Waals surface area contributed by atoms with Gasteiger partial charge in [-0.05, 0) is 48.5 Å². The van der Waals surface area contributed by atoms with E-state index in [1.54, 1.807) is 42.7 Å². The average Bonchev–Trinajstić information content (AvgIpc) is 3.24. The van der Waals surface area contributed by atoms with Gasteiger partial charge in [0.05, 0.1) is 17.7 Å². The van der Waals surface area contributed by atoms with Gasteiger partial charge in [-0.2, -0.15) is 4.31 Å². The van der Waals surface area contributed by atoms with Gasteiger partial charge in [0.15, 0.2) is 5.13 Å². The van der Waals surface area contributed by atoms with Crippen LogP contribution in [0.5, 0.6) is 5.75 Å². The minimum Gasteiger partial charge on any atom is -0.497 e. The maximum absolute atomic E-state index is 12.8. The van der Waals surface area contributed by atoms with Crippen molar-refractivity contribution >= 4 is 38.1 Å². The lowest BCUT2D eigenvalue weighted by molar-refractivity contribution is 0.385. The summed E-state index contributed by atoms with van der Waals surface area (Å²) in [5, 5.41) is 3.44. The number of nitrogens with zero attached hydrogens (tertiary/aromatic N) is 3. The van der Waals surface area contributed by atoms with E-state index in [1.165, 1.54) is 4.31 Å². The second-order valence-electron chi connectivity index (χ2n) is 6.59. The molecule has 0 saturated carbocycles. The van der Waals surface area contributed by atoms with Crippen LogP contribution in [-0.2, 0) is 10.0 Å². The van der Waals surface area contributed by atoms with Crippen molar-refractivity contribution in [3.8, 4) is 17.0 Å². The number of aromatic nitrogens is 1. The molecular weight excluding hydrogens is 430 g/mol. The molecular formula is C20H20ClN3O3S2. The van der Waals surface area contributed by atoms with Crippen LogP contribution in [0.4, 0.5) is 5.13 Å². The fraction of sp³-hybridized carbons (Fsp3) is 0.250. The smallest absolute Gasteiger partial charge is 0.243 e. The van der Waals surface area contributed by atoms with Crippen molar-refractivity contribution in [3.63, 3.8) is 0 Å². The second kappa shape index (κ2) is 8.31. The maximum Gasteiger partial charge on any atom is 0.243 e. The molecule has 0 atom stereocenters. The Balaban J connectivity index is 1.43. The molecule has 1 aromatic heterocycles. The standard InChI is InChI=1S/C20H20ClN3O3S2/c1-27-17-6-2-15(3-7-17)19-14-28-20(22-19)23-10-12-24(13-11-23)29(25,26)18-8-4-16(21)5-9-18/h2-9,14H,10-13H2,1H3. The number of piperazine rings is 1. The Morgan fingerprint density at radius 2 is 1.66 bits per heavy atom. The predicted molar refractivity (Wildman–Crippen MR) is 117 cm³/mol. The summed E-state index contributed by atoms with van der Waals surface area (Å²) in [6.07, 6.45) is 0. The number of halogens is 1. The number of thiazole rings is 1. The summed E-state index contributed by atoms with van der Waals surface area (Å²) in [4.78, 5) is 7.14. The summed E-state index contributed by atoms with van der Waals surface area (Å²) >= 11 is 7.44. The van der Waals surface area contributed by atoms with Gasteiger partial charge in [-0.3, -0.25) is 0 Å².